The number of hydrogen-bond acceptors (Lipinski definition) is 3. The van der Waals surface area contributed by atoms with Gasteiger partial charge in [-0.1, -0.05) is 17.7 Å². The largest absolute Gasteiger partial charge is 0.466 e. The van der Waals surface area contributed by atoms with Gasteiger partial charge in [-0.25, -0.2) is 22.4 Å². The SMILES string of the molecule is COC(=O)C1=C(C)NC(c2c(F)cc(F)cc2F)=C(I)C1c1ccc(F)cc1Cl. The van der Waals surface area contributed by atoms with Gasteiger partial charge in [-0.05, 0) is 47.2 Å². The van der Waals surface area contributed by atoms with E-state index in [1.165, 1.54) is 20.1 Å². The standard InChI is InChI=1S/C20H13ClF4INO2/c1-8-15(20(28)29-2)16(11-4-3-9(22)5-12(11)21)18(26)19(27-8)17-13(24)6-10(23)7-14(17)25/h3-7,16,27H,1-2H3. The van der Waals surface area contributed by atoms with Crippen molar-refractivity contribution in [1.82, 2.24) is 5.32 Å². The van der Waals surface area contributed by atoms with Crippen LogP contribution in [0.5, 0.6) is 0 Å². The summed E-state index contributed by atoms with van der Waals surface area (Å²) in [5.74, 6) is -5.43. The Hall–Kier alpha value is -2.07. The molecular weight excluding hydrogens is 525 g/mol. The van der Waals surface area contributed by atoms with Gasteiger partial charge in [-0.3, -0.25) is 0 Å². The molecule has 9 heteroatoms. The Morgan fingerprint density at radius 2 is 1.72 bits per heavy atom. The molecule has 0 fully saturated rings. The third kappa shape index (κ3) is 4.00. The number of allylic oxidation sites excluding steroid dienone is 2. The summed E-state index contributed by atoms with van der Waals surface area (Å²) >= 11 is 8.03. The molecule has 2 aromatic carbocycles. The summed E-state index contributed by atoms with van der Waals surface area (Å²) in [7, 11) is 1.19. The van der Waals surface area contributed by atoms with Crippen molar-refractivity contribution in [3.05, 3.63) is 84.6 Å². The molecule has 29 heavy (non-hydrogen) atoms. The van der Waals surface area contributed by atoms with Gasteiger partial charge in [-0.2, -0.15) is 0 Å². The first-order valence-corrected chi connectivity index (χ1v) is 9.67. The Labute approximate surface area is 182 Å². The number of carbonyl (C=O) groups is 1. The van der Waals surface area contributed by atoms with Crippen molar-refractivity contribution in [2.45, 2.75) is 12.8 Å². The van der Waals surface area contributed by atoms with Crippen LogP contribution in [0.25, 0.3) is 5.70 Å². The highest BCUT2D eigenvalue weighted by atomic mass is 127. The van der Waals surface area contributed by atoms with Gasteiger partial charge in [0, 0.05) is 26.4 Å². The zero-order valence-corrected chi connectivity index (χ0v) is 18.0. The van der Waals surface area contributed by atoms with E-state index >= 15 is 0 Å². The van der Waals surface area contributed by atoms with E-state index in [2.05, 4.69) is 5.32 Å². The highest BCUT2D eigenvalue weighted by Crippen LogP contribution is 2.46. The predicted octanol–water partition coefficient (Wildman–Crippen LogP) is 5.83. The Morgan fingerprint density at radius 3 is 2.28 bits per heavy atom. The monoisotopic (exact) mass is 537 g/mol. The van der Waals surface area contributed by atoms with Crippen LogP contribution in [0.4, 0.5) is 17.6 Å². The zero-order valence-electron chi connectivity index (χ0n) is 15.0. The number of methoxy groups -OCH3 is 1. The minimum Gasteiger partial charge on any atom is -0.466 e. The van der Waals surface area contributed by atoms with Crippen molar-refractivity contribution in [1.29, 1.82) is 0 Å². The molecule has 1 atom stereocenters. The Kier molecular flexibility index (Phi) is 6.23. The van der Waals surface area contributed by atoms with Gasteiger partial charge in [0.2, 0.25) is 0 Å². The Bertz CT molecular complexity index is 1060. The molecule has 1 aliphatic rings. The van der Waals surface area contributed by atoms with Crippen molar-refractivity contribution in [2.24, 2.45) is 0 Å². The lowest BCUT2D eigenvalue weighted by Gasteiger charge is -2.30. The lowest BCUT2D eigenvalue weighted by Crippen LogP contribution is -2.28. The quantitative estimate of drug-likeness (QED) is 0.304. The lowest BCUT2D eigenvalue weighted by atomic mass is 9.85. The maximum absolute atomic E-state index is 14.4. The topological polar surface area (TPSA) is 38.3 Å². The van der Waals surface area contributed by atoms with Crippen LogP contribution in [-0.2, 0) is 9.53 Å². The molecule has 0 bridgehead atoms. The molecule has 0 aliphatic carbocycles. The fraction of sp³-hybridized carbons (Fsp3) is 0.150. The maximum atomic E-state index is 14.4. The average Bonchev–Trinajstić information content (AvgIpc) is 2.63. The van der Waals surface area contributed by atoms with Gasteiger partial charge in [0.25, 0.3) is 0 Å². The number of halogens is 6. The second kappa shape index (κ2) is 8.35. The van der Waals surface area contributed by atoms with E-state index < -0.39 is 40.7 Å². The third-order valence-corrected chi connectivity index (χ3v) is 5.92. The Balaban J connectivity index is 2.30. The van der Waals surface area contributed by atoms with Crippen LogP contribution >= 0.6 is 34.2 Å². The number of ether oxygens (including phenoxy) is 1. The molecule has 3 nitrogen and oxygen atoms in total. The molecule has 1 heterocycles. The van der Waals surface area contributed by atoms with Gasteiger partial charge in [0.15, 0.2) is 0 Å². The van der Waals surface area contributed by atoms with Crippen LogP contribution in [-0.4, -0.2) is 13.1 Å². The first-order chi connectivity index (χ1) is 13.6. The molecule has 0 radical (unpaired) electrons. The smallest absolute Gasteiger partial charge is 0.336 e. The van der Waals surface area contributed by atoms with Crippen LogP contribution in [0, 0.1) is 23.3 Å². The zero-order chi connectivity index (χ0) is 21.5. The second-order valence-electron chi connectivity index (χ2n) is 6.22. The van der Waals surface area contributed by atoms with E-state index in [9.17, 15) is 22.4 Å². The summed E-state index contributed by atoms with van der Waals surface area (Å²) in [5.41, 5.74) is 0.287. The maximum Gasteiger partial charge on any atom is 0.336 e. The number of rotatable bonds is 3. The number of hydrogen-bond donors (Lipinski definition) is 1. The summed E-state index contributed by atoms with van der Waals surface area (Å²) in [4.78, 5) is 12.4. The van der Waals surface area contributed by atoms with Crippen molar-refractivity contribution in [3.63, 3.8) is 0 Å². The summed E-state index contributed by atoms with van der Waals surface area (Å²) in [6, 6.07) is 4.75. The van der Waals surface area contributed by atoms with E-state index in [1.807, 2.05) is 22.6 Å². The summed E-state index contributed by atoms with van der Waals surface area (Å²) in [5, 5.41) is 2.84. The van der Waals surface area contributed by atoms with E-state index in [0.717, 1.165) is 12.1 Å². The van der Waals surface area contributed by atoms with Crippen molar-refractivity contribution < 1.29 is 27.1 Å². The van der Waals surface area contributed by atoms with Crippen molar-refractivity contribution >= 4 is 45.9 Å². The van der Waals surface area contributed by atoms with E-state index in [4.69, 9.17) is 16.3 Å². The van der Waals surface area contributed by atoms with Crippen molar-refractivity contribution in [3.8, 4) is 0 Å². The molecular formula is C20H13ClF4INO2. The van der Waals surface area contributed by atoms with Crippen LogP contribution < -0.4 is 5.32 Å². The molecule has 0 saturated heterocycles. The van der Waals surface area contributed by atoms with Gasteiger partial charge >= 0.3 is 5.97 Å². The number of dihydropyridines is 1. The third-order valence-electron chi connectivity index (χ3n) is 4.43. The number of nitrogens with one attached hydrogen (secondary N) is 1. The van der Waals surface area contributed by atoms with Crippen LogP contribution in [0.3, 0.4) is 0 Å². The highest BCUT2D eigenvalue weighted by Gasteiger charge is 2.36. The molecule has 0 amide bonds. The number of carbonyl (C=O) groups excluding carboxylic acids is 1. The average molecular weight is 538 g/mol. The molecule has 2 aromatic rings. The predicted molar refractivity (Wildman–Crippen MR) is 109 cm³/mol. The van der Waals surface area contributed by atoms with Gasteiger partial charge < -0.3 is 10.1 Å². The van der Waals surface area contributed by atoms with Crippen LogP contribution in [0.1, 0.15) is 24.0 Å². The molecule has 0 spiro atoms. The van der Waals surface area contributed by atoms with E-state index in [-0.39, 0.29) is 22.0 Å². The minimum atomic E-state index is -1.11. The van der Waals surface area contributed by atoms with E-state index in [0.29, 0.717) is 21.3 Å². The fourth-order valence-corrected chi connectivity index (χ4v) is 4.50. The normalized spacial score (nSPS) is 16.8. The molecule has 1 N–H and O–H groups in total. The van der Waals surface area contributed by atoms with E-state index in [1.54, 1.807) is 0 Å². The summed E-state index contributed by atoms with van der Waals surface area (Å²) in [6.45, 7) is 1.53. The van der Waals surface area contributed by atoms with Crippen molar-refractivity contribution in [2.75, 3.05) is 7.11 Å². The summed E-state index contributed by atoms with van der Waals surface area (Å²) < 4.78 is 60.9. The van der Waals surface area contributed by atoms with Crippen LogP contribution in [0.2, 0.25) is 5.02 Å². The summed E-state index contributed by atoms with van der Waals surface area (Å²) in [6.07, 6.45) is 0. The molecule has 1 aliphatic heterocycles. The first kappa shape index (κ1) is 21.6. The molecule has 3 rings (SSSR count). The minimum absolute atomic E-state index is 0.0103. The number of esters is 1. The first-order valence-electron chi connectivity index (χ1n) is 8.21. The highest BCUT2D eigenvalue weighted by molar-refractivity contribution is 14.1. The second-order valence-corrected chi connectivity index (χ2v) is 7.79. The number of benzene rings is 2. The van der Waals surface area contributed by atoms with Gasteiger partial charge in [0.05, 0.1) is 29.9 Å². The fourth-order valence-electron chi connectivity index (χ4n) is 3.17. The molecule has 0 saturated carbocycles. The van der Waals surface area contributed by atoms with Gasteiger partial charge in [-0.15, -0.1) is 0 Å². The molecule has 0 aromatic heterocycles. The Morgan fingerprint density at radius 1 is 1.10 bits per heavy atom. The molecule has 152 valence electrons. The lowest BCUT2D eigenvalue weighted by molar-refractivity contribution is -0.136. The molecule has 1 unspecified atom stereocenters. The van der Waals surface area contributed by atoms with Gasteiger partial charge in [0.1, 0.15) is 23.3 Å². The van der Waals surface area contributed by atoms with Crippen LogP contribution in [0.15, 0.2) is 45.2 Å².